The van der Waals surface area contributed by atoms with Gasteiger partial charge in [0.1, 0.15) is 19.6 Å². The molecule has 0 radical (unpaired) electrons. The van der Waals surface area contributed by atoms with E-state index in [1.807, 2.05) is 0 Å². The highest BCUT2D eigenvalue weighted by Gasteiger charge is 2.26. The van der Waals surface area contributed by atoms with Gasteiger partial charge in [-0.25, -0.2) is 0 Å². The molecule has 0 atom stereocenters. The topological polar surface area (TPSA) is 169 Å². The average molecular weight is 632 g/mol. The minimum atomic E-state index is -4.89. The van der Waals surface area contributed by atoms with Crippen molar-refractivity contribution in [2.24, 2.45) is 0 Å². The minimum absolute atomic E-state index is 0.0400. The molecule has 0 amide bonds. The molecule has 0 rings (SSSR count). The fourth-order valence-electron chi connectivity index (χ4n) is 4.94. The van der Waals surface area contributed by atoms with Crippen LogP contribution in [0.4, 0.5) is 0 Å². The van der Waals surface area contributed by atoms with E-state index < -0.39 is 7.82 Å². The Morgan fingerprint density at radius 3 is 1.02 bits per heavy atom. The van der Waals surface area contributed by atoms with Gasteiger partial charge in [0.05, 0.1) is 66.0 Å². The predicted octanol–water partition coefficient (Wildman–Crippen LogP) is 3.53. The molecular formula is C30H66NO10P. The number of hydrogen-bond acceptors (Lipinski definition) is 8. The van der Waals surface area contributed by atoms with Crippen LogP contribution in [-0.2, 0) is 18.8 Å². The van der Waals surface area contributed by atoms with Crippen molar-refractivity contribution in [2.45, 2.75) is 110 Å². The Hall–Kier alpha value is -0.170. The monoisotopic (exact) mass is 631 g/mol. The summed E-state index contributed by atoms with van der Waals surface area (Å²) in [5.74, 6) is 0. The van der Waals surface area contributed by atoms with Crippen molar-refractivity contribution in [3.8, 4) is 0 Å². The van der Waals surface area contributed by atoms with Crippen LogP contribution in [0.1, 0.15) is 110 Å². The SMILES string of the molecule is CCCCCCCCCCCCCCCCCC[N+](CCOCCO)(CCOCCO)CCOCCO.O=P([O-])(O)O. The van der Waals surface area contributed by atoms with Crippen molar-refractivity contribution in [2.75, 3.05) is 85.6 Å². The van der Waals surface area contributed by atoms with Crippen molar-refractivity contribution in [1.82, 2.24) is 0 Å². The molecule has 0 aliphatic rings. The highest BCUT2D eigenvalue weighted by Crippen LogP contribution is 2.19. The van der Waals surface area contributed by atoms with E-state index >= 15 is 0 Å². The van der Waals surface area contributed by atoms with E-state index in [0.717, 1.165) is 37.1 Å². The second-order valence-corrected chi connectivity index (χ2v) is 12.0. The van der Waals surface area contributed by atoms with Crippen LogP contribution in [0.5, 0.6) is 0 Å². The number of phosphoric acid groups is 1. The second kappa shape index (κ2) is 33.7. The summed E-state index contributed by atoms with van der Waals surface area (Å²) >= 11 is 0. The Balaban J connectivity index is 0. The minimum Gasteiger partial charge on any atom is -0.756 e. The summed E-state index contributed by atoms with van der Waals surface area (Å²) < 4.78 is 26.4. The lowest BCUT2D eigenvalue weighted by molar-refractivity contribution is -0.929. The molecule has 42 heavy (non-hydrogen) atoms. The van der Waals surface area contributed by atoms with Crippen LogP contribution >= 0.6 is 7.82 Å². The third-order valence-electron chi connectivity index (χ3n) is 7.32. The molecule has 0 aliphatic carbocycles. The first-order chi connectivity index (χ1) is 20.2. The van der Waals surface area contributed by atoms with Gasteiger partial charge in [-0.1, -0.05) is 96.8 Å². The third kappa shape index (κ3) is 37.9. The Bertz CT molecular complexity index is 529. The van der Waals surface area contributed by atoms with Crippen LogP contribution in [0, 0.1) is 0 Å². The van der Waals surface area contributed by atoms with E-state index in [-0.39, 0.29) is 19.8 Å². The number of rotatable bonds is 32. The highest BCUT2D eigenvalue weighted by atomic mass is 31.2. The molecular weight excluding hydrogens is 565 g/mol. The van der Waals surface area contributed by atoms with Crippen LogP contribution in [-0.4, -0.2) is 115 Å². The van der Waals surface area contributed by atoms with Crippen molar-refractivity contribution in [3.05, 3.63) is 0 Å². The lowest BCUT2D eigenvalue weighted by Crippen LogP contribution is -2.54. The zero-order valence-corrected chi connectivity index (χ0v) is 27.6. The molecule has 0 aromatic rings. The summed E-state index contributed by atoms with van der Waals surface area (Å²) in [6.07, 6.45) is 21.9. The van der Waals surface area contributed by atoms with E-state index in [0.29, 0.717) is 39.6 Å². The van der Waals surface area contributed by atoms with Crippen LogP contribution in [0.15, 0.2) is 0 Å². The number of hydrogen-bond donors (Lipinski definition) is 5. The summed E-state index contributed by atoms with van der Waals surface area (Å²) in [6, 6.07) is 0. The van der Waals surface area contributed by atoms with Crippen LogP contribution in [0.3, 0.4) is 0 Å². The first-order valence-corrected chi connectivity index (χ1v) is 17.9. The predicted molar refractivity (Wildman–Crippen MR) is 165 cm³/mol. The van der Waals surface area contributed by atoms with E-state index in [9.17, 15) is 0 Å². The fourth-order valence-corrected chi connectivity index (χ4v) is 4.94. The molecule has 0 aliphatic heterocycles. The molecule has 11 nitrogen and oxygen atoms in total. The zero-order chi connectivity index (χ0) is 31.6. The summed E-state index contributed by atoms with van der Waals surface area (Å²) in [5, 5.41) is 27.1. The Morgan fingerprint density at radius 1 is 0.500 bits per heavy atom. The molecule has 0 fully saturated rings. The van der Waals surface area contributed by atoms with Crippen LogP contribution in [0.2, 0.25) is 0 Å². The Morgan fingerprint density at radius 2 is 0.762 bits per heavy atom. The molecule has 0 unspecified atom stereocenters. The van der Waals surface area contributed by atoms with E-state index in [2.05, 4.69) is 6.92 Å². The summed E-state index contributed by atoms with van der Waals surface area (Å²) in [6.45, 7) is 8.88. The van der Waals surface area contributed by atoms with Gasteiger partial charge < -0.3 is 48.7 Å². The molecule has 0 aromatic carbocycles. The number of ether oxygens (including phenoxy) is 3. The maximum atomic E-state index is 9.04. The average Bonchev–Trinajstić information content (AvgIpc) is 2.94. The molecule has 0 spiro atoms. The van der Waals surface area contributed by atoms with Gasteiger partial charge in [-0.05, 0) is 12.8 Å². The quantitative estimate of drug-likeness (QED) is 0.0421. The number of aliphatic hydroxyl groups is 3. The molecule has 0 saturated heterocycles. The highest BCUT2D eigenvalue weighted by molar-refractivity contribution is 7.43. The van der Waals surface area contributed by atoms with E-state index in [1.54, 1.807) is 0 Å². The van der Waals surface area contributed by atoms with Gasteiger partial charge in [0, 0.05) is 0 Å². The Kier molecular flexibility index (Phi) is 35.3. The molecule has 0 aromatic heterocycles. The fraction of sp³-hybridized carbons (Fsp3) is 1.00. The third-order valence-corrected chi connectivity index (χ3v) is 7.32. The van der Waals surface area contributed by atoms with Gasteiger partial charge in [-0.3, -0.25) is 4.57 Å². The standard InChI is InChI=1S/C30H64NO6.H3O4P/c1-2-3-4-5-6-7-8-9-10-11-12-13-14-15-16-17-18-31(19-25-35-28-22-32,20-26-36-29-23-33)21-27-37-30-24-34;1-5(2,3)4/h32-34H,2-30H2,1H3;(H3,1,2,3,4)/q+1;/p-1. The summed E-state index contributed by atoms with van der Waals surface area (Å²) in [7, 11) is -4.89. The smallest absolute Gasteiger partial charge is 0.262 e. The van der Waals surface area contributed by atoms with Gasteiger partial charge in [0.15, 0.2) is 0 Å². The normalized spacial score (nSPS) is 12.0. The second-order valence-electron chi connectivity index (χ2n) is 11.0. The van der Waals surface area contributed by atoms with E-state index in [4.69, 9.17) is 48.8 Å². The molecule has 5 N–H and O–H groups in total. The first-order valence-electron chi connectivity index (χ1n) is 16.4. The lowest BCUT2D eigenvalue weighted by atomic mass is 10.0. The zero-order valence-electron chi connectivity index (χ0n) is 26.7. The van der Waals surface area contributed by atoms with Gasteiger partial charge >= 0.3 is 0 Å². The largest absolute Gasteiger partial charge is 0.756 e. The van der Waals surface area contributed by atoms with Gasteiger partial charge in [-0.2, -0.15) is 0 Å². The number of aliphatic hydroxyl groups excluding tert-OH is 3. The number of unbranched alkanes of at least 4 members (excludes halogenated alkanes) is 15. The molecule has 12 heteroatoms. The summed E-state index contributed by atoms with van der Waals surface area (Å²) in [5.41, 5.74) is 0. The van der Waals surface area contributed by atoms with Crippen molar-refractivity contribution in [3.63, 3.8) is 0 Å². The van der Waals surface area contributed by atoms with Crippen molar-refractivity contribution < 1.29 is 53.3 Å². The van der Waals surface area contributed by atoms with Crippen molar-refractivity contribution in [1.29, 1.82) is 0 Å². The first kappa shape index (κ1) is 44.0. The summed E-state index contributed by atoms with van der Waals surface area (Å²) in [4.78, 5) is 22.9. The maximum Gasteiger partial charge on any atom is 0.262 e. The van der Waals surface area contributed by atoms with Gasteiger partial charge in [0.2, 0.25) is 0 Å². The molecule has 0 heterocycles. The number of nitrogens with zero attached hydrogens (tertiary/aromatic N) is 1. The molecule has 0 bridgehead atoms. The van der Waals surface area contributed by atoms with E-state index in [1.165, 1.54) is 96.3 Å². The van der Waals surface area contributed by atoms with Gasteiger partial charge in [0.25, 0.3) is 7.82 Å². The van der Waals surface area contributed by atoms with Crippen molar-refractivity contribution >= 4 is 7.82 Å². The number of quaternary nitrogens is 1. The van der Waals surface area contributed by atoms with Gasteiger partial charge in [-0.15, -0.1) is 0 Å². The lowest BCUT2D eigenvalue weighted by Gasteiger charge is -2.39. The maximum absolute atomic E-state index is 9.04. The molecule has 0 saturated carbocycles. The van der Waals surface area contributed by atoms with Crippen LogP contribution in [0.25, 0.3) is 0 Å². The Labute approximate surface area is 256 Å². The molecule has 256 valence electrons. The van der Waals surface area contributed by atoms with Crippen LogP contribution < -0.4 is 4.89 Å².